The van der Waals surface area contributed by atoms with E-state index >= 15 is 0 Å². The zero-order valence-electron chi connectivity index (χ0n) is 8.71. The molecule has 5 heteroatoms. The van der Waals surface area contributed by atoms with Crippen LogP contribution >= 0.6 is 0 Å². The molecule has 1 aromatic heterocycles. The van der Waals surface area contributed by atoms with Gasteiger partial charge in [0.1, 0.15) is 6.61 Å². The van der Waals surface area contributed by atoms with Crippen LogP contribution in [0.5, 0.6) is 0 Å². The first-order valence-corrected chi connectivity index (χ1v) is 4.57. The molecule has 0 bridgehead atoms. The lowest BCUT2D eigenvalue weighted by Gasteiger charge is -2.04. The van der Waals surface area contributed by atoms with Crippen LogP contribution in [0.1, 0.15) is 18.1 Å². The van der Waals surface area contributed by atoms with Crippen molar-refractivity contribution in [1.82, 2.24) is 4.98 Å². The summed E-state index contributed by atoms with van der Waals surface area (Å²) < 4.78 is 4.82. The predicted octanol–water partition coefficient (Wildman–Crippen LogP) is 1.24. The third-order valence-electron chi connectivity index (χ3n) is 1.78. The number of aromatic nitrogens is 1. The van der Waals surface area contributed by atoms with Crippen LogP contribution in [-0.2, 0) is 20.9 Å². The van der Waals surface area contributed by atoms with E-state index in [-0.39, 0.29) is 6.61 Å². The van der Waals surface area contributed by atoms with Gasteiger partial charge in [-0.1, -0.05) is 0 Å². The number of hydrogen-bond donors (Lipinski definition) is 1. The van der Waals surface area contributed by atoms with E-state index in [1.165, 1.54) is 19.2 Å². The van der Waals surface area contributed by atoms with Gasteiger partial charge in [0.05, 0.1) is 0 Å². The second-order valence-corrected chi connectivity index (χ2v) is 3.03. The van der Waals surface area contributed by atoms with Crippen LogP contribution in [0.3, 0.4) is 0 Å². The minimum Gasteiger partial charge on any atom is -0.478 e. The maximum atomic E-state index is 10.6. The fourth-order valence-corrected chi connectivity index (χ4v) is 1.06. The van der Waals surface area contributed by atoms with Crippen LogP contribution < -0.4 is 0 Å². The van der Waals surface area contributed by atoms with E-state index in [4.69, 9.17) is 9.84 Å². The first kappa shape index (κ1) is 11.9. The van der Waals surface area contributed by atoms with Crippen molar-refractivity contribution in [3.05, 3.63) is 35.7 Å². The van der Waals surface area contributed by atoms with Crippen molar-refractivity contribution in [2.24, 2.45) is 0 Å². The minimum atomic E-state index is -1.03. The average molecular weight is 221 g/mol. The monoisotopic (exact) mass is 221 g/mol. The topological polar surface area (TPSA) is 76.5 Å². The van der Waals surface area contributed by atoms with Gasteiger partial charge in [-0.25, -0.2) is 4.79 Å². The third kappa shape index (κ3) is 3.91. The number of ether oxygens (including phenoxy) is 1. The molecule has 84 valence electrons. The first-order valence-electron chi connectivity index (χ1n) is 4.57. The summed E-state index contributed by atoms with van der Waals surface area (Å²) in [6, 6.07) is 1.65. The number of carboxylic acids is 1. The summed E-state index contributed by atoms with van der Waals surface area (Å²) in [4.78, 5) is 24.9. The largest absolute Gasteiger partial charge is 0.478 e. The molecule has 0 radical (unpaired) electrons. The molecule has 0 spiro atoms. The van der Waals surface area contributed by atoms with Crippen molar-refractivity contribution < 1.29 is 19.4 Å². The fourth-order valence-electron chi connectivity index (χ4n) is 1.06. The molecular weight excluding hydrogens is 210 g/mol. The van der Waals surface area contributed by atoms with Gasteiger partial charge in [0.25, 0.3) is 0 Å². The highest BCUT2D eigenvalue weighted by atomic mass is 16.5. The van der Waals surface area contributed by atoms with Crippen LogP contribution in [0.4, 0.5) is 0 Å². The Morgan fingerprint density at radius 2 is 2.31 bits per heavy atom. The highest BCUT2D eigenvalue weighted by molar-refractivity contribution is 5.85. The van der Waals surface area contributed by atoms with Gasteiger partial charge >= 0.3 is 11.9 Å². The summed E-state index contributed by atoms with van der Waals surface area (Å²) in [7, 11) is 0. The highest BCUT2D eigenvalue weighted by Gasteiger charge is 2.02. The molecule has 0 aromatic carbocycles. The molecule has 0 amide bonds. The van der Waals surface area contributed by atoms with Gasteiger partial charge in [-0.2, -0.15) is 0 Å². The lowest BCUT2D eigenvalue weighted by atomic mass is 10.1. The summed E-state index contributed by atoms with van der Waals surface area (Å²) in [6.07, 6.45) is 5.53. The number of aliphatic carboxylic acids is 1. The number of rotatable bonds is 4. The summed E-state index contributed by atoms with van der Waals surface area (Å²) >= 11 is 0. The average Bonchev–Trinajstić information content (AvgIpc) is 2.24. The van der Waals surface area contributed by atoms with Crippen LogP contribution in [-0.4, -0.2) is 22.0 Å². The molecule has 0 fully saturated rings. The van der Waals surface area contributed by atoms with E-state index in [0.29, 0.717) is 11.1 Å². The van der Waals surface area contributed by atoms with Crippen molar-refractivity contribution in [2.45, 2.75) is 13.5 Å². The highest BCUT2D eigenvalue weighted by Crippen LogP contribution is 2.10. The van der Waals surface area contributed by atoms with Crippen molar-refractivity contribution >= 4 is 18.0 Å². The van der Waals surface area contributed by atoms with Gasteiger partial charge in [-0.15, -0.1) is 0 Å². The molecule has 1 rings (SSSR count). The minimum absolute atomic E-state index is 0.0858. The Labute approximate surface area is 92.4 Å². The Kier molecular flexibility index (Phi) is 4.20. The number of nitrogens with zero attached hydrogens (tertiary/aromatic N) is 1. The van der Waals surface area contributed by atoms with E-state index in [1.54, 1.807) is 12.3 Å². The standard InChI is InChI=1S/C11H11NO4/c1-8(13)16-7-10-6-12-5-4-9(10)2-3-11(14)15/h2-6H,7H2,1H3,(H,14,15)/b3-2+. The van der Waals surface area contributed by atoms with Gasteiger partial charge < -0.3 is 9.84 Å². The Hall–Kier alpha value is -2.17. The van der Waals surface area contributed by atoms with Crippen LogP contribution in [0.25, 0.3) is 6.08 Å². The molecule has 16 heavy (non-hydrogen) atoms. The Morgan fingerprint density at radius 1 is 1.56 bits per heavy atom. The molecule has 0 aliphatic carbocycles. The molecule has 0 atom stereocenters. The molecule has 0 aliphatic rings. The summed E-state index contributed by atoms with van der Waals surface area (Å²) in [5.74, 6) is -1.42. The second-order valence-electron chi connectivity index (χ2n) is 3.03. The van der Waals surface area contributed by atoms with Gasteiger partial charge in [0.2, 0.25) is 0 Å². The number of hydrogen-bond acceptors (Lipinski definition) is 4. The van der Waals surface area contributed by atoms with Gasteiger partial charge in [-0.05, 0) is 17.7 Å². The number of carbonyl (C=O) groups is 2. The zero-order chi connectivity index (χ0) is 12.0. The lowest BCUT2D eigenvalue weighted by molar-refractivity contribution is -0.142. The molecule has 0 saturated carbocycles. The molecule has 0 saturated heterocycles. The number of esters is 1. The van der Waals surface area contributed by atoms with Crippen LogP contribution in [0.2, 0.25) is 0 Å². The van der Waals surface area contributed by atoms with Gasteiger partial charge in [0.15, 0.2) is 0 Å². The van der Waals surface area contributed by atoms with E-state index in [0.717, 1.165) is 6.08 Å². The maximum Gasteiger partial charge on any atom is 0.328 e. The summed E-state index contributed by atoms with van der Waals surface area (Å²) in [5.41, 5.74) is 1.33. The van der Waals surface area contributed by atoms with Crippen LogP contribution in [0.15, 0.2) is 24.5 Å². The van der Waals surface area contributed by atoms with E-state index in [2.05, 4.69) is 4.98 Å². The maximum absolute atomic E-state index is 10.6. The van der Waals surface area contributed by atoms with Crippen molar-refractivity contribution in [3.63, 3.8) is 0 Å². The number of carbonyl (C=O) groups excluding carboxylic acids is 1. The Balaban J connectivity index is 2.83. The molecule has 1 N–H and O–H groups in total. The molecular formula is C11H11NO4. The SMILES string of the molecule is CC(=O)OCc1cnccc1/C=C/C(=O)O. The Morgan fingerprint density at radius 3 is 2.94 bits per heavy atom. The van der Waals surface area contributed by atoms with E-state index in [9.17, 15) is 9.59 Å². The third-order valence-corrected chi connectivity index (χ3v) is 1.78. The van der Waals surface area contributed by atoms with E-state index in [1.807, 2.05) is 0 Å². The van der Waals surface area contributed by atoms with Crippen molar-refractivity contribution in [2.75, 3.05) is 0 Å². The zero-order valence-corrected chi connectivity index (χ0v) is 8.71. The fraction of sp³-hybridized carbons (Fsp3) is 0.182. The number of pyridine rings is 1. The molecule has 0 unspecified atom stereocenters. The second kappa shape index (κ2) is 5.65. The lowest BCUT2D eigenvalue weighted by Crippen LogP contribution is -2.01. The van der Waals surface area contributed by atoms with Crippen molar-refractivity contribution in [3.8, 4) is 0 Å². The van der Waals surface area contributed by atoms with Crippen LogP contribution in [0, 0.1) is 0 Å². The summed E-state index contributed by atoms with van der Waals surface area (Å²) in [5, 5.41) is 8.50. The van der Waals surface area contributed by atoms with E-state index < -0.39 is 11.9 Å². The van der Waals surface area contributed by atoms with Gasteiger partial charge in [-0.3, -0.25) is 9.78 Å². The molecule has 0 aliphatic heterocycles. The normalized spacial score (nSPS) is 10.3. The molecule has 1 aromatic rings. The number of carboxylic acid groups (broad SMARTS) is 1. The quantitative estimate of drug-likeness (QED) is 0.611. The van der Waals surface area contributed by atoms with Gasteiger partial charge in [0, 0.05) is 31.0 Å². The van der Waals surface area contributed by atoms with Crippen molar-refractivity contribution in [1.29, 1.82) is 0 Å². The summed E-state index contributed by atoms with van der Waals surface area (Å²) in [6.45, 7) is 1.39. The predicted molar refractivity (Wildman–Crippen MR) is 56.4 cm³/mol. The first-order chi connectivity index (χ1) is 7.59. The Bertz CT molecular complexity index is 426. The molecule has 5 nitrogen and oxygen atoms in total. The smallest absolute Gasteiger partial charge is 0.328 e. The molecule has 1 heterocycles.